The van der Waals surface area contributed by atoms with E-state index in [2.05, 4.69) is 5.32 Å². The number of carbonyl (C=O) groups excluding carboxylic acids is 4. The molecule has 4 heterocycles. The Hall–Kier alpha value is -5.16. The van der Waals surface area contributed by atoms with E-state index >= 15 is 4.79 Å². The van der Waals surface area contributed by atoms with Gasteiger partial charge >= 0.3 is 11.9 Å². The molecule has 2 bridgehead atoms. The van der Waals surface area contributed by atoms with E-state index in [1.807, 2.05) is 78.9 Å². The number of benzene rings is 3. The van der Waals surface area contributed by atoms with Gasteiger partial charge < -0.3 is 64.2 Å². The monoisotopic (exact) mass is 999 g/mol. The second kappa shape index (κ2) is 21.0. The number of hydroxylamine groups is 2. The summed E-state index contributed by atoms with van der Waals surface area (Å²) in [6, 6.07) is 21.1. The van der Waals surface area contributed by atoms with E-state index in [4.69, 9.17) is 33.3 Å². The molecule has 19 heteroatoms. The normalized spacial score (nSPS) is 31.2. The second-order valence-electron chi connectivity index (χ2n) is 20.7. The third-order valence-electron chi connectivity index (χ3n) is 14.6. The Balaban J connectivity index is 1.01. The largest absolute Gasteiger partial charge is 0.460 e. The van der Waals surface area contributed by atoms with Crippen molar-refractivity contribution in [2.24, 2.45) is 5.41 Å². The zero-order valence-corrected chi connectivity index (χ0v) is 40.8. The number of fused-ring (bicyclic) bond motifs is 5. The predicted octanol–water partition coefficient (Wildman–Crippen LogP) is 1.26. The number of esters is 2. The summed E-state index contributed by atoms with van der Waals surface area (Å²) in [5.74, 6) is -3.45. The second-order valence-corrected chi connectivity index (χ2v) is 20.7. The van der Waals surface area contributed by atoms with Crippen molar-refractivity contribution >= 4 is 29.8 Å². The maximum atomic E-state index is 16.0. The number of nitrogens with one attached hydrogen (secondary N) is 1. The van der Waals surface area contributed by atoms with Crippen LogP contribution in [0.3, 0.4) is 0 Å². The van der Waals surface area contributed by atoms with Gasteiger partial charge in [0, 0.05) is 39.2 Å². The quantitative estimate of drug-likeness (QED) is 0.104. The number of likely N-dealkylation sites (N-methyl/N-ethyl adjacent to an activating group) is 1. The molecular formula is C53H65N3O16. The number of nitrogens with zero attached hydrogens (tertiary/aromatic N) is 2. The van der Waals surface area contributed by atoms with Crippen molar-refractivity contribution in [3.8, 4) is 0 Å². The topological polar surface area (TPSA) is 253 Å². The molecule has 388 valence electrons. The molecule has 6 N–H and O–H groups in total. The van der Waals surface area contributed by atoms with Crippen LogP contribution in [-0.2, 0) is 78.2 Å². The molecule has 5 fully saturated rings. The molecule has 4 aliphatic heterocycles. The van der Waals surface area contributed by atoms with Crippen LogP contribution in [0.5, 0.6) is 0 Å². The number of hydrogen-bond donors (Lipinski definition) is 6. The van der Waals surface area contributed by atoms with Gasteiger partial charge in [-0.25, -0.2) is 0 Å². The Morgan fingerprint density at radius 3 is 2.29 bits per heavy atom. The average Bonchev–Trinajstić information content (AvgIpc) is 4.04. The van der Waals surface area contributed by atoms with Gasteiger partial charge in [0.1, 0.15) is 65.9 Å². The maximum Gasteiger partial charge on any atom is 0.327 e. The maximum absolute atomic E-state index is 16.0. The van der Waals surface area contributed by atoms with E-state index in [-0.39, 0.29) is 38.8 Å². The molecule has 72 heavy (non-hydrogen) atoms. The van der Waals surface area contributed by atoms with E-state index in [9.17, 15) is 39.9 Å². The van der Waals surface area contributed by atoms with Crippen LogP contribution < -0.4 is 5.32 Å². The first-order chi connectivity index (χ1) is 34.4. The molecule has 9 rings (SSSR count). The molecule has 1 spiro atoms. The lowest BCUT2D eigenvalue weighted by Gasteiger charge is -2.50. The van der Waals surface area contributed by atoms with Gasteiger partial charge in [-0.2, -0.15) is 5.06 Å². The zero-order chi connectivity index (χ0) is 51.1. The Kier molecular flexibility index (Phi) is 15.1. The molecule has 0 aromatic heterocycles. The molecule has 3 aromatic carbocycles. The van der Waals surface area contributed by atoms with Crippen molar-refractivity contribution in [1.29, 1.82) is 0 Å². The number of rotatable bonds is 17. The fourth-order valence-corrected chi connectivity index (χ4v) is 11.2. The van der Waals surface area contributed by atoms with E-state index in [0.29, 0.717) is 24.0 Å². The minimum absolute atomic E-state index is 0.00697. The van der Waals surface area contributed by atoms with E-state index in [1.165, 1.54) is 17.0 Å². The number of ether oxygens (including phenoxy) is 6. The van der Waals surface area contributed by atoms with Crippen LogP contribution in [0, 0.1) is 5.41 Å². The summed E-state index contributed by atoms with van der Waals surface area (Å²) in [7, 11) is 1.52. The molecule has 13 atom stereocenters. The summed E-state index contributed by atoms with van der Waals surface area (Å²) in [5.41, 5.74) is 1.82. The summed E-state index contributed by atoms with van der Waals surface area (Å²) in [4.78, 5) is 66.3. The lowest BCUT2D eigenvalue weighted by Crippen LogP contribution is -2.70. The van der Waals surface area contributed by atoms with Crippen LogP contribution in [0.15, 0.2) is 84.9 Å². The van der Waals surface area contributed by atoms with Crippen LogP contribution >= 0.6 is 0 Å². The average molecular weight is 1000 g/mol. The zero-order valence-electron chi connectivity index (χ0n) is 40.8. The number of amides is 2. The van der Waals surface area contributed by atoms with Gasteiger partial charge in [0.2, 0.25) is 11.8 Å². The summed E-state index contributed by atoms with van der Waals surface area (Å²) in [6.07, 6.45) is -6.56. The number of hydrogen-bond acceptors (Lipinski definition) is 17. The third kappa shape index (κ3) is 10.2. The first kappa shape index (κ1) is 51.7. The summed E-state index contributed by atoms with van der Waals surface area (Å²) in [5, 5.41) is 55.3. The molecule has 0 radical (unpaired) electrons. The molecule has 13 unspecified atom stereocenters. The summed E-state index contributed by atoms with van der Waals surface area (Å²) in [6.45, 7) is 4.04. The van der Waals surface area contributed by atoms with Gasteiger partial charge in [-0.05, 0) is 55.0 Å². The van der Waals surface area contributed by atoms with Gasteiger partial charge in [-0.1, -0.05) is 91.0 Å². The van der Waals surface area contributed by atoms with Crippen LogP contribution in [-0.4, -0.2) is 171 Å². The van der Waals surface area contributed by atoms with Crippen molar-refractivity contribution < 1.29 is 78.0 Å². The first-order valence-corrected chi connectivity index (χ1v) is 24.6. The molecule has 19 nitrogen and oxygen atoms in total. The highest BCUT2D eigenvalue weighted by Crippen LogP contribution is 2.59. The van der Waals surface area contributed by atoms with E-state index in [1.54, 1.807) is 32.9 Å². The number of carbonyl (C=O) groups is 4. The van der Waals surface area contributed by atoms with Gasteiger partial charge in [0.15, 0.2) is 18.1 Å². The van der Waals surface area contributed by atoms with E-state index in [0.717, 1.165) is 16.7 Å². The highest BCUT2D eigenvalue weighted by Gasteiger charge is 2.77. The van der Waals surface area contributed by atoms with Gasteiger partial charge in [-0.3, -0.25) is 24.0 Å². The predicted molar refractivity (Wildman–Crippen MR) is 253 cm³/mol. The Labute approximate surface area is 417 Å². The smallest absolute Gasteiger partial charge is 0.327 e. The Bertz CT molecular complexity index is 2460. The Morgan fingerprint density at radius 2 is 1.60 bits per heavy atom. The molecule has 4 saturated heterocycles. The van der Waals surface area contributed by atoms with Crippen molar-refractivity contribution in [1.82, 2.24) is 15.3 Å². The standard InChI is InChI=1S/C53H65N3O16/c1-51(2,3)69-39(59)21-20-35(28-57)54-47(63)36(23-30-13-6-5-7-14-30)55(4)50(65)53-26-37-43-44(71-52(70-43)24-32-16-9-10-17-33(32)25-52)46(53)72-56(45(53)48(64)67-37)27-34-18-11-8-15-31(34)19-12-22-66-49-42(62)41(61)40(60)38(29-58)68-49/h5-19,35-38,40-46,49,57-58,60-62H,20-29H2,1-4H3,(H,54,63). The van der Waals surface area contributed by atoms with Crippen molar-refractivity contribution in [2.45, 2.75) is 150 Å². The highest BCUT2D eigenvalue weighted by atomic mass is 16.8. The molecule has 3 aromatic rings. The van der Waals surface area contributed by atoms with Gasteiger partial charge in [-0.15, -0.1) is 0 Å². The molecule has 6 aliphatic rings. The summed E-state index contributed by atoms with van der Waals surface area (Å²) < 4.78 is 36.7. The fraction of sp³-hybridized carbons (Fsp3) is 0.547. The number of aliphatic hydroxyl groups excluding tert-OH is 5. The first-order valence-electron chi connectivity index (χ1n) is 24.6. The summed E-state index contributed by atoms with van der Waals surface area (Å²) >= 11 is 0. The minimum atomic E-state index is -1.66. The van der Waals surface area contributed by atoms with Crippen LogP contribution in [0.1, 0.15) is 67.9 Å². The Morgan fingerprint density at radius 1 is 0.917 bits per heavy atom. The van der Waals surface area contributed by atoms with Crippen molar-refractivity contribution in [3.05, 3.63) is 113 Å². The van der Waals surface area contributed by atoms with Crippen LogP contribution in [0.25, 0.3) is 6.08 Å². The molecular weight excluding hydrogens is 935 g/mol. The lowest BCUT2D eigenvalue weighted by molar-refractivity contribution is -0.298. The lowest BCUT2D eigenvalue weighted by atomic mass is 9.62. The molecule has 2 aliphatic carbocycles. The van der Waals surface area contributed by atoms with Crippen molar-refractivity contribution in [2.75, 3.05) is 26.9 Å². The van der Waals surface area contributed by atoms with Crippen LogP contribution in [0.2, 0.25) is 0 Å². The SMILES string of the molecule is CN(C(=O)C12CC3OC(=O)C1N(Cc1ccccc1C=CCOC1OC(CO)C(O)C(O)C1O)OC2C1OC2(Cc4ccccc4C2)OC31)C(Cc1ccccc1)C(=O)NC(CO)CCC(=O)OC(C)(C)C. The molecule has 1 saturated carbocycles. The van der Waals surface area contributed by atoms with Gasteiger partial charge in [0.25, 0.3) is 0 Å². The minimum Gasteiger partial charge on any atom is -0.460 e. The number of aliphatic hydroxyl groups is 5. The highest BCUT2D eigenvalue weighted by molar-refractivity contribution is 5.96. The fourth-order valence-electron chi connectivity index (χ4n) is 11.2. The van der Waals surface area contributed by atoms with E-state index < -0.39 is 127 Å². The van der Waals surface area contributed by atoms with Crippen LogP contribution in [0.4, 0.5) is 0 Å². The molecule has 2 amide bonds. The third-order valence-corrected chi connectivity index (χ3v) is 14.6. The van der Waals surface area contributed by atoms with Crippen molar-refractivity contribution in [3.63, 3.8) is 0 Å². The van der Waals surface area contributed by atoms with Gasteiger partial charge in [0.05, 0.1) is 32.4 Å².